The predicted octanol–water partition coefficient (Wildman–Crippen LogP) is 3.44. The van der Waals surface area contributed by atoms with Gasteiger partial charge in [-0.3, -0.25) is 9.59 Å². The van der Waals surface area contributed by atoms with Crippen molar-refractivity contribution in [1.82, 2.24) is 5.32 Å². The number of nitrogens with one attached hydrogen (secondary N) is 2. The van der Waals surface area contributed by atoms with Crippen LogP contribution in [0.3, 0.4) is 0 Å². The number of para-hydroxylation sites is 1. The summed E-state index contributed by atoms with van der Waals surface area (Å²) in [5, 5.41) is 5.49. The minimum absolute atomic E-state index is 0.0373. The third-order valence-corrected chi connectivity index (χ3v) is 4.37. The van der Waals surface area contributed by atoms with Gasteiger partial charge in [-0.1, -0.05) is 32.0 Å². The molecule has 2 aromatic carbocycles. The number of rotatable bonds is 7. The Morgan fingerprint density at radius 1 is 0.963 bits per heavy atom. The summed E-state index contributed by atoms with van der Waals surface area (Å²) in [4.78, 5) is 25.1. The van der Waals surface area contributed by atoms with Crippen LogP contribution < -0.4 is 20.1 Å². The number of carbonyl (C=O) groups is 2. The summed E-state index contributed by atoms with van der Waals surface area (Å²) in [6.07, 6.45) is 0. The van der Waals surface area contributed by atoms with Gasteiger partial charge in [0.15, 0.2) is 11.5 Å². The molecule has 0 aliphatic rings. The lowest BCUT2D eigenvalue weighted by Gasteiger charge is -2.22. The van der Waals surface area contributed by atoms with Crippen molar-refractivity contribution >= 4 is 17.5 Å². The van der Waals surface area contributed by atoms with Crippen LogP contribution in [0.2, 0.25) is 0 Å². The molecule has 0 saturated carbocycles. The van der Waals surface area contributed by atoms with E-state index in [4.69, 9.17) is 9.47 Å². The highest BCUT2D eigenvalue weighted by molar-refractivity contribution is 6.05. The number of anilines is 1. The van der Waals surface area contributed by atoms with E-state index in [2.05, 4.69) is 10.6 Å². The summed E-state index contributed by atoms with van der Waals surface area (Å²) in [6, 6.07) is 12.4. The maximum absolute atomic E-state index is 13.1. The van der Waals surface area contributed by atoms with Gasteiger partial charge in [0.1, 0.15) is 0 Å². The molecule has 1 unspecified atom stereocenters. The zero-order chi connectivity index (χ0) is 20.0. The molecule has 144 valence electrons. The van der Waals surface area contributed by atoms with Gasteiger partial charge in [0.2, 0.25) is 5.91 Å². The minimum Gasteiger partial charge on any atom is -0.493 e. The molecule has 0 aromatic heterocycles. The Hall–Kier alpha value is -3.02. The minimum atomic E-state index is -0.414. The molecular formula is C21H26N2O4. The van der Waals surface area contributed by atoms with Crippen LogP contribution in [0.1, 0.15) is 35.7 Å². The van der Waals surface area contributed by atoms with Gasteiger partial charge < -0.3 is 20.1 Å². The second kappa shape index (κ2) is 9.07. The van der Waals surface area contributed by atoms with Crippen molar-refractivity contribution in [2.24, 2.45) is 5.92 Å². The molecule has 1 atom stereocenters. The highest BCUT2D eigenvalue weighted by Crippen LogP contribution is 2.34. The summed E-state index contributed by atoms with van der Waals surface area (Å²) in [5.41, 5.74) is 1.72. The quantitative estimate of drug-likeness (QED) is 0.783. The van der Waals surface area contributed by atoms with Gasteiger partial charge in [-0.15, -0.1) is 0 Å². The fourth-order valence-electron chi connectivity index (χ4n) is 3.02. The first-order chi connectivity index (χ1) is 12.9. The largest absolute Gasteiger partial charge is 0.493 e. The molecule has 0 saturated heterocycles. The monoisotopic (exact) mass is 370 g/mol. The van der Waals surface area contributed by atoms with E-state index in [1.54, 1.807) is 51.6 Å². The van der Waals surface area contributed by atoms with Crippen LogP contribution in [0.4, 0.5) is 5.69 Å². The molecule has 2 amide bonds. The molecule has 2 N–H and O–H groups in total. The second-order valence-corrected chi connectivity index (χ2v) is 6.45. The van der Waals surface area contributed by atoms with Crippen molar-refractivity contribution in [3.05, 3.63) is 53.6 Å². The molecule has 0 aliphatic carbocycles. The molecule has 0 heterocycles. The van der Waals surface area contributed by atoms with Crippen LogP contribution in [-0.4, -0.2) is 33.1 Å². The molecule has 0 aliphatic heterocycles. The Kier molecular flexibility index (Phi) is 6.82. The number of amides is 2. The maximum atomic E-state index is 13.1. The summed E-state index contributed by atoms with van der Waals surface area (Å²) in [6.45, 7) is 3.96. The lowest BCUT2D eigenvalue weighted by molar-refractivity contribution is -0.118. The number of hydrogen-bond acceptors (Lipinski definition) is 4. The van der Waals surface area contributed by atoms with Crippen molar-refractivity contribution in [3.8, 4) is 11.5 Å². The Bertz CT molecular complexity index is 818. The SMILES string of the molecule is CNC(=O)c1ccccc1NC(=O)C(c1ccc(OC)c(OC)c1)C(C)C. The van der Waals surface area contributed by atoms with Gasteiger partial charge in [0.25, 0.3) is 5.91 Å². The molecule has 0 spiro atoms. The Morgan fingerprint density at radius 3 is 2.22 bits per heavy atom. The van der Waals surface area contributed by atoms with E-state index in [-0.39, 0.29) is 17.7 Å². The van der Waals surface area contributed by atoms with E-state index >= 15 is 0 Å². The van der Waals surface area contributed by atoms with Gasteiger partial charge in [0.05, 0.1) is 31.4 Å². The van der Waals surface area contributed by atoms with E-state index < -0.39 is 5.92 Å². The van der Waals surface area contributed by atoms with E-state index in [0.29, 0.717) is 22.7 Å². The number of benzene rings is 2. The molecule has 6 heteroatoms. The third kappa shape index (κ3) is 4.58. The first-order valence-electron chi connectivity index (χ1n) is 8.76. The number of ether oxygens (including phenoxy) is 2. The van der Waals surface area contributed by atoms with E-state index in [1.807, 2.05) is 26.0 Å². The smallest absolute Gasteiger partial charge is 0.253 e. The zero-order valence-electron chi connectivity index (χ0n) is 16.3. The normalized spacial score (nSPS) is 11.6. The van der Waals surface area contributed by atoms with E-state index in [9.17, 15) is 9.59 Å². The van der Waals surface area contributed by atoms with Gasteiger partial charge in [-0.25, -0.2) is 0 Å². The predicted molar refractivity (Wildman–Crippen MR) is 106 cm³/mol. The van der Waals surface area contributed by atoms with Gasteiger partial charge in [-0.2, -0.15) is 0 Å². The van der Waals surface area contributed by atoms with Gasteiger partial charge in [-0.05, 0) is 35.7 Å². The molecule has 2 aromatic rings. The van der Waals surface area contributed by atoms with Crippen molar-refractivity contribution < 1.29 is 19.1 Å². The van der Waals surface area contributed by atoms with Crippen LogP contribution in [0, 0.1) is 5.92 Å². The summed E-state index contributed by atoms with van der Waals surface area (Å²) >= 11 is 0. The molecule has 0 bridgehead atoms. The fourth-order valence-corrected chi connectivity index (χ4v) is 3.02. The molecule has 0 fully saturated rings. The van der Waals surface area contributed by atoms with E-state index in [1.165, 1.54) is 0 Å². The van der Waals surface area contributed by atoms with Crippen molar-refractivity contribution in [1.29, 1.82) is 0 Å². The van der Waals surface area contributed by atoms with Crippen molar-refractivity contribution in [3.63, 3.8) is 0 Å². The van der Waals surface area contributed by atoms with Crippen LogP contribution in [0.25, 0.3) is 0 Å². The highest BCUT2D eigenvalue weighted by Gasteiger charge is 2.26. The van der Waals surface area contributed by atoms with Crippen LogP contribution in [-0.2, 0) is 4.79 Å². The van der Waals surface area contributed by atoms with Crippen LogP contribution >= 0.6 is 0 Å². The molecule has 6 nitrogen and oxygen atoms in total. The topological polar surface area (TPSA) is 76.7 Å². The van der Waals surface area contributed by atoms with Crippen molar-refractivity contribution in [2.75, 3.05) is 26.6 Å². The van der Waals surface area contributed by atoms with Crippen molar-refractivity contribution in [2.45, 2.75) is 19.8 Å². The summed E-state index contributed by atoms with van der Waals surface area (Å²) in [7, 11) is 4.69. The lowest BCUT2D eigenvalue weighted by atomic mass is 9.87. The summed E-state index contributed by atoms with van der Waals surface area (Å²) < 4.78 is 10.6. The van der Waals surface area contributed by atoms with Crippen LogP contribution in [0.15, 0.2) is 42.5 Å². The molecular weight excluding hydrogens is 344 g/mol. The van der Waals surface area contributed by atoms with Crippen LogP contribution in [0.5, 0.6) is 11.5 Å². The average molecular weight is 370 g/mol. The standard InChI is InChI=1S/C21H26N2O4/c1-13(2)19(14-10-11-17(26-4)18(12-14)27-5)21(25)23-16-9-7-6-8-15(16)20(24)22-3/h6-13,19H,1-5H3,(H,22,24)(H,23,25). The third-order valence-electron chi connectivity index (χ3n) is 4.37. The molecule has 0 radical (unpaired) electrons. The lowest BCUT2D eigenvalue weighted by Crippen LogP contribution is -2.27. The average Bonchev–Trinajstić information content (AvgIpc) is 2.67. The Labute approximate surface area is 159 Å². The van der Waals surface area contributed by atoms with Gasteiger partial charge in [0, 0.05) is 7.05 Å². The van der Waals surface area contributed by atoms with Gasteiger partial charge >= 0.3 is 0 Å². The second-order valence-electron chi connectivity index (χ2n) is 6.45. The number of hydrogen-bond donors (Lipinski definition) is 2. The first-order valence-corrected chi connectivity index (χ1v) is 8.76. The maximum Gasteiger partial charge on any atom is 0.253 e. The number of methoxy groups -OCH3 is 2. The Balaban J connectivity index is 2.36. The first kappa shape index (κ1) is 20.3. The molecule has 27 heavy (non-hydrogen) atoms. The zero-order valence-corrected chi connectivity index (χ0v) is 16.3. The van der Waals surface area contributed by atoms with E-state index in [0.717, 1.165) is 5.56 Å². The fraction of sp³-hybridized carbons (Fsp3) is 0.333. The molecule has 2 rings (SSSR count). The Morgan fingerprint density at radius 2 is 1.63 bits per heavy atom. The highest BCUT2D eigenvalue weighted by atomic mass is 16.5. The number of carbonyl (C=O) groups excluding carboxylic acids is 2. The summed E-state index contributed by atoms with van der Waals surface area (Å²) in [5.74, 6) is 0.359.